The summed E-state index contributed by atoms with van der Waals surface area (Å²) in [4.78, 5) is 107. The number of nitrogens with one attached hydrogen (secondary N) is 6. The molecule has 7 amide bonds. The summed E-state index contributed by atoms with van der Waals surface area (Å²) in [5.41, 5.74) is 22.2. The number of carbonyl (C=O) groups is 8. The van der Waals surface area contributed by atoms with Gasteiger partial charge in [0.2, 0.25) is 41.4 Å². The number of primary amides is 1. The molecular formula is C37H61N11O11. The number of aliphatic hydroxyl groups is 1. The number of hydrogen-bond donors (Lipinski definition) is 13. The normalized spacial score (nSPS) is 15.5. The highest BCUT2D eigenvalue weighted by molar-refractivity contribution is 5.97. The first-order valence-corrected chi connectivity index (χ1v) is 19.2. The number of aliphatic carboxylic acids is 1. The molecule has 0 fully saturated rings. The topological polar surface area (TPSA) is 386 Å². The summed E-state index contributed by atoms with van der Waals surface area (Å²) in [7, 11) is 0. The van der Waals surface area contributed by atoms with Crippen LogP contribution in [0, 0.1) is 5.92 Å². The van der Waals surface area contributed by atoms with E-state index < -0.39 is 102 Å². The number of phenolic OH excluding ortho intramolecular Hbond substituents is 1. The summed E-state index contributed by atoms with van der Waals surface area (Å²) in [6.07, 6.45) is -1.20. The maximum atomic E-state index is 13.8. The third-order valence-corrected chi connectivity index (χ3v) is 9.11. The van der Waals surface area contributed by atoms with Crippen LogP contribution in [0.5, 0.6) is 5.75 Å². The number of guanidine groups is 1. The molecule has 1 unspecified atom stereocenters. The van der Waals surface area contributed by atoms with Crippen molar-refractivity contribution in [3.8, 4) is 5.75 Å². The highest BCUT2D eigenvalue weighted by Gasteiger charge is 2.33. The molecule has 22 nitrogen and oxygen atoms in total. The number of carboxylic acid groups (broad SMARTS) is 1. The third kappa shape index (κ3) is 19.3. The van der Waals surface area contributed by atoms with Gasteiger partial charge in [-0.25, -0.2) is 4.79 Å². The Morgan fingerprint density at radius 2 is 1.22 bits per heavy atom. The lowest BCUT2D eigenvalue weighted by Crippen LogP contribution is -2.60. The van der Waals surface area contributed by atoms with Crippen molar-refractivity contribution in [2.45, 2.75) is 128 Å². The van der Waals surface area contributed by atoms with E-state index in [9.17, 15) is 53.7 Å². The average molecular weight is 836 g/mol. The van der Waals surface area contributed by atoms with Gasteiger partial charge >= 0.3 is 5.97 Å². The van der Waals surface area contributed by atoms with Gasteiger partial charge in [-0.3, -0.25) is 38.6 Å². The van der Waals surface area contributed by atoms with Crippen molar-refractivity contribution in [1.29, 1.82) is 0 Å². The number of nitrogens with two attached hydrogens (primary N) is 4. The second kappa shape index (κ2) is 25.4. The lowest BCUT2D eigenvalue weighted by Gasteiger charge is -2.28. The Kier molecular flexibility index (Phi) is 21.9. The summed E-state index contributed by atoms with van der Waals surface area (Å²) in [5, 5.41) is 43.8. The molecule has 0 aliphatic rings. The molecule has 0 aliphatic heterocycles. The highest BCUT2D eigenvalue weighted by atomic mass is 16.4. The lowest BCUT2D eigenvalue weighted by molar-refractivity contribution is -0.142. The Morgan fingerprint density at radius 1 is 0.695 bits per heavy atom. The number of carboxylic acids is 1. The molecule has 0 saturated carbocycles. The lowest BCUT2D eigenvalue weighted by atomic mass is 9.97. The van der Waals surface area contributed by atoms with Gasteiger partial charge in [-0.2, -0.15) is 0 Å². The number of benzene rings is 1. The molecule has 0 bridgehead atoms. The van der Waals surface area contributed by atoms with Crippen LogP contribution in [0.3, 0.4) is 0 Å². The van der Waals surface area contributed by atoms with Crippen molar-refractivity contribution in [2.24, 2.45) is 33.8 Å². The van der Waals surface area contributed by atoms with Crippen molar-refractivity contribution in [1.82, 2.24) is 31.9 Å². The molecule has 9 atom stereocenters. The van der Waals surface area contributed by atoms with Gasteiger partial charge < -0.3 is 70.2 Å². The molecule has 0 aromatic heterocycles. The number of nitrogens with zero attached hydrogens (tertiary/aromatic N) is 1. The monoisotopic (exact) mass is 835 g/mol. The number of hydrogen-bond acceptors (Lipinski definition) is 12. The van der Waals surface area contributed by atoms with Gasteiger partial charge in [-0.05, 0) is 70.1 Å². The zero-order valence-corrected chi connectivity index (χ0v) is 34.0. The predicted molar refractivity (Wildman–Crippen MR) is 214 cm³/mol. The summed E-state index contributed by atoms with van der Waals surface area (Å²) in [5.74, 6) is -7.81. The molecule has 1 aromatic carbocycles. The number of aliphatic imine (C=N–C) groups is 1. The largest absolute Gasteiger partial charge is 0.508 e. The Hall–Kier alpha value is -6.03. The quantitative estimate of drug-likeness (QED) is 0.0244. The highest BCUT2D eigenvalue weighted by Crippen LogP contribution is 2.13. The summed E-state index contributed by atoms with van der Waals surface area (Å²) < 4.78 is 0. The average Bonchev–Trinajstić information content (AvgIpc) is 3.15. The molecule has 0 spiro atoms. The first-order valence-electron chi connectivity index (χ1n) is 19.2. The number of aromatic hydroxyl groups is 1. The van der Waals surface area contributed by atoms with E-state index in [1.807, 2.05) is 0 Å². The van der Waals surface area contributed by atoms with Crippen molar-refractivity contribution >= 4 is 53.3 Å². The van der Waals surface area contributed by atoms with Crippen LogP contribution in [0.25, 0.3) is 0 Å². The van der Waals surface area contributed by atoms with E-state index in [0.717, 1.165) is 0 Å². The molecule has 59 heavy (non-hydrogen) atoms. The van der Waals surface area contributed by atoms with Crippen LogP contribution in [-0.2, 0) is 44.8 Å². The Morgan fingerprint density at radius 3 is 1.73 bits per heavy atom. The van der Waals surface area contributed by atoms with Gasteiger partial charge in [0, 0.05) is 19.4 Å². The van der Waals surface area contributed by atoms with Gasteiger partial charge in [-0.1, -0.05) is 32.4 Å². The maximum absolute atomic E-state index is 13.8. The number of phenols is 1. The third-order valence-electron chi connectivity index (χ3n) is 9.11. The van der Waals surface area contributed by atoms with Crippen molar-refractivity contribution in [3.63, 3.8) is 0 Å². The second-order valence-corrected chi connectivity index (χ2v) is 14.4. The van der Waals surface area contributed by atoms with Crippen LogP contribution in [0.1, 0.15) is 78.7 Å². The van der Waals surface area contributed by atoms with Crippen LogP contribution in [-0.4, -0.2) is 124 Å². The minimum atomic E-state index is -1.48. The predicted octanol–water partition coefficient (Wildman–Crippen LogP) is -3.57. The van der Waals surface area contributed by atoms with Crippen LogP contribution < -0.4 is 54.8 Å². The standard InChI is InChI=1S/C37H61N11O11/c1-6-18(2)29(48-32(54)24(38)16-19(3)49)35(57)44-21(5)30(52)45-25(13-14-28(39)51)33(55)47-27(17-22-9-11-23(50)12-10-22)34(56)43-20(4)31(53)46-26(36(58)59)8-7-15-42-37(40)41/h9-12,18-21,24-27,29,49-50H,6-8,13-17,38H2,1-5H3,(H2,39,51)(H,43,56)(H,44,57)(H,45,52)(H,46,53)(H,47,55)(H,48,54)(H,58,59)(H4,40,41,42)/t18?,19-,20+,21+,24+,25+,26+,27+,29+/m1/s1. The number of carbonyl (C=O) groups excluding carboxylic acids is 7. The zero-order valence-electron chi connectivity index (χ0n) is 34.0. The fraction of sp³-hybridized carbons (Fsp3) is 0.595. The molecule has 1 rings (SSSR count). The van der Waals surface area contributed by atoms with Crippen LogP contribution >= 0.6 is 0 Å². The van der Waals surface area contributed by atoms with Crippen LogP contribution in [0.15, 0.2) is 29.3 Å². The minimum absolute atomic E-state index is 0.0344. The van der Waals surface area contributed by atoms with Gasteiger partial charge in [-0.15, -0.1) is 0 Å². The molecule has 1 aromatic rings. The number of rotatable bonds is 26. The van der Waals surface area contributed by atoms with Crippen molar-refractivity contribution in [2.75, 3.05) is 6.54 Å². The maximum Gasteiger partial charge on any atom is 0.326 e. The first-order chi connectivity index (χ1) is 27.5. The molecule has 0 saturated heterocycles. The second-order valence-electron chi connectivity index (χ2n) is 14.4. The number of amides is 7. The van der Waals surface area contributed by atoms with Gasteiger partial charge in [0.25, 0.3) is 0 Å². The van der Waals surface area contributed by atoms with E-state index in [1.165, 1.54) is 45.0 Å². The van der Waals surface area contributed by atoms with Gasteiger partial charge in [0.15, 0.2) is 5.96 Å². The zero-order chi connectivity index (χ0) is 45.0. The molecule has 17 N–H and O–H groups in total. The van der Waals surface area contributed by atoms with E-state index in [2.05, 4.69) is 36.9 Å². The molecule has 0 heterocycles. The summed E-state index contributed by atoms with van der Waals surface area (Å²) in [6, 6.07) is -3.45. The SMILES string of the molecule is CCC(C)[C@H](NC(=O)[C@@H](N)C[C@@H](C)O)C(=O)N[C@@H](C)C(=O)N[C@@H](CCC(N)=O)C(=O)N[C@@H](Cc1ccc(O)cc1)C(=O)N[C@@H](C)C(=O)N[C@@H](CCCN=C(N)N)C(=O)O. The Bertz CT molecular complexity index is 1640. The summed E-state index contributed by atoms with van der Waals surface area (Å²) >= 11 is 0. The molecule has 0 aliphatic carbocycles. The van der Waals surface area contributed by atoms with Crippen molar-refractivity contribution in [3.05, 3.63) is 29.8 Å². The van der Waals surface area contributed by atoms with E-state index in [4.69, 9.17) is 22.9 Å². The summed E-state index contributed by atoms with van der Waals surface area (Å²) in [6.45, 7) is 7.66. The smallest absolute Gasteiger partial charge is 0.326 e. The molecule has 330 valence electrons. The van der Waals surface area contributed by atoms with E-state index in [1.54, 1.807) is 13.8 Å². The molecule has 0 radical (unpaired) electrons. The molecular weight excluding hydrogens is 774 g/mol. The van der Waals surface area contributed by atoms with E-state index in [0.29, 0.717) is 12.0 Å². The fourth-order valence-corrected chi connectivity index (χ4v) is 5.44. The first kappa shape index (κ1) is 51.0. The Balaban J connectivity index is 3.24. The van der Waals surface area contributed by atoms with E-state index in [-0.39, 0.29) is 56.8 Å². The van der Waals surface area contributed by atoms with Crippen LogP contribution in [0.2, 0.25) is 0 Å². The van der Waals surface area contributed by atoms with Crippen molar-refractivity contribution < 1.29 is 53.7 Å². The van der Waals surface area contributed by atoms with Gasteiger partial charge in [0.1, 0.15) is 42.0 Å². The van der Waals surface area contributed by atoms with Crippen LogP contribution in [0.4, 0.5) is 0 Å². The minimum Gasteiger partial charge on any atom is -0.508 e. The molecule has 22 heteroatoms. The van der Waals surface area contributed by atoms with Gasteiger partial charge in [0.05, 0.1) is 12.1 Å². The number of aliphatic hydroxyl groups excluding tert-OH is 1. The fourth-order valence-electron chi connectivity index (χ4n) is 5.44. The van der Waals surface area contributed by atoms with E-state index >= 15 is 0 Å². The Labute approximate surface area is 342 Å².